The Hall–Kier alpha value is -2.99. The molecule has 1 N–H and O–H groups in total. The van der Waals surface area contributed by atoms with Crippen molar-refractivity contribution in [3.05, 3.63) is 92.9 Å². The molecule has 44 heavy (non-hydrogen) atoms. The molecular weight excluding hydrogens is 662 g/mol. The number of hydrogen-bond acceptors (Lipinski definition) is 4. The SMILES string of the molecule is CCC(C(=O)NCC(C)C)N(Cc1ccc(Cl)cc1Cl)C(=O)CN(c1cc(C(F)(F)F)ccc1Cl)S(=O)(=O)c1ccccc1. The number of alkyl halides is 3. The van der Waals surface area contributed by atoms with Crippen LogP contribution in [-0.4, -0.2) is 44.3 Å². The predicted molar refractivity (Wildman–Crippen MR) is 166 cm³/mol. The van der Waals surface area contributed by atoms with Crippen molar-refractivity contribution in [3.8, 4) is 0 Å². The molecule has 3 aromatic rings. The Labute approximate surface area is 269 Å². The molecule has 7 nitrogen and oxygen atoms in total. The summed E-state index contributed by atoms with van der Waals surface area (Å²) < 4.78 is 69.4. The summed E-state index contributed by atoms with van der Waals surface area (Å²) in [5.41, 5.74) is -1.31. The molecule has 3 rings (SSSR count). The molecule has 1 atom stereocenters. The van der Waals surface area contributed by atoms with E-state index in [9.17, 15) is 31.2 Å². The lowest BCUT2D eigenvalue weighted by Crippen LogP contribution is -2.52. The van der Waals surface area contributed by atoms with Gasteiger partial charge in [0.1, 0.15) is 12.6 Å². The average Bonchev–Trinajstić information content (AvgIpc) is 2.95. The van der Waals surface area contributed by atoms with Crippen LogP contribution in [0.4, 0.5) is 18.9 Å². The Morgan fingerprint density at radius 3 is 2.16 bits per heavy atom. The number of amides is 2. The Morgan fingerprint density at radius 1 is 0.932 bits per heavy atom. The van der Waals surface area contributed by atoms with Crippen LogP contribution in [-0.2, 0) is 32.3 Å². The molecule has 0 saturated heterocycles. The molecule has 3 aromatic carbocycles. The van der Waals surface area contributed by atoms with Gasteiger partial charge in [-0.3, -0.25) is 13.9 Å². The molecule has 0 aromatic heterocycles. The molecule has 14 heteroatoms. The van der Waals surface area contributed by atoms with Gasteiger partial charge in [-0.1, -0.05) is 79.8 Å². The molecule has 238 valence electrons. The summed E-state index contributed by atoms with van der Waals surface area (Å²) in [7, 11) is -4.64. The normalized spacial score (nSPS) is 12.6. The van der Waals surface area contributed by atoms with E-state index in [-0.39, 0.29) is 33.8 Å². The fraction of sp³-hybridized carbons (Fsp3) is 0.333. The maximum absolute atomic E-state index is 14.1. The third kappa shape index (κ3) is 8.80. The smallest absolute Gasteiger partial charge is 0.354 e. The van der Waals surface area contributed by atoms with Crippen LogP contribution in [0.25, 0.3) is 0 Å². The van der Waals surface area contributed by atoms with Gasteiger partial charge in [-0.15, -0.1) is 0 Å². The topological polar surface area (TPSA) is 86.8 Å². The van der Waals surface area contributed by atoms with Gasteiger partial charge >= 0.3 is 6.18 Å². The minimum Gasteiger partial charge on any atom is -0.354 e. The Morgan fingerprint density at radius 2 is 1.59 bits per heavy atom. The highest BCUT2D eigenvalue weighted by atomic mass is 35.5. The quantitative estimate of drug-likeness (QED) is 0.214. The third-order valence-electron chi connectivity index (χ3n) is 6.58. The summed E-state index contributed by atoms with van der Waals surface area (Å²) in [6, 6.07) is 12.6. The number of anilines is 1. The second-order valence-corrected chi connectivity index (χ2v) is 13.4. The lowest BCUT2D eigenvalue weighted by Gasteiger charge is -2.34. The lowest BCUT2D eigenvalue weighted by atomic mass is 10.1. The second-order valence-electron chi connectivity index (χ2n) is 10.3. The molecule has 0 aliphatic carbocycles. The number of sulfonamides is 1. The van der Waals surface area contributed by atoms with E-state index in [4.69, 9.17) is 34.8 Å². The van der Waals surface area contributed by atoms with Gasteiger partial charge in [0.25, 0.3) is 10.0 Å². The van der Waals surface area contributed by atoms with Crippen molar-refractivity contribution in [2.75, 3.05) is 17.4 Å². The first kappa shape index (κ1) is 35.5. The van der Waals surface area contributed by atoms with Crippen molar-refractivity contribution < 1.29 is 31.2 Å². The summed E-state index contributed by atoms with van der Waals surface area (Å²) in [6.07, 6.45) is -4.69. The van der Waals surface area contributed by atoms with Crippen molar-refractivity contribution in [1.82, 2.24) is 10.2 Å². The number of halogens is 6. The molecule has 0 spiro atoms. The first-order chi connectivity index (χ1) is 20.6. The molecule has 0 saturated carbocycles. The Kier molecular flexibility index (Phi) is 12.0. The summed E-state index contributed by atoms with van der Waals surface area (Å²) in [4.78, 5) is 28.3. The average molecular weight is 693 g/mol. The van der Waals surface area contributed by atoms with Crippen LogP contribution in [0.1, 0.15) is 38.3 Å². The molecule has 0 radical (unpaired) electrons. The Balaban J connectivity index is 2.16. The van der Waals surface area contributed by atoms with Crippen LogP contribution >= 0.6 is 34.8 Å². The van der Waals surface area contributed by atoms with Gasteiger partial charge in [0.2, 0.25) is 11.8 Å². The van der Waals surface area contributed by atoms with Gasteiger partial charge in [-0.25, -0.2) is 8.42 Å². The van der Waals surface area contributed by atoms with E-state index in [1.165, 1.54) is 30.3 Å². The highest BCUT2D eigenvalue weighted by Crippen LogP contribution is 2.37. The number of hydrogen-bond donors (Lipinski definition) is 1. The van der Waals surface area contributed by atoms with E-state index in [0.29, 0.717) is 33.6 Å². The number of nitrogens with one attached hydrogen (secondary N) is 1. The van der Waals surface area contributed by atoms with E-state index in [1.807, 2.05) is 13.8 Å². The van der Waals surface area contributed by atoms with Crippen LogP contribution in [0.3, 0.4) is 0 Å². The van der Waals surface area contributed by atoms with Gasteiger partial charge in [-0.05, 0) is 60.4 Å². The van der Waals surface area contributed by atoms with Gasteiger partial charge in [-0.2, -0.15) is 13.2 Å². The van der Waals surface area contributed by atoms with E-state index >= 15 is 0 Å². The molecule has 0 aliphatic heterocycles. The summed E-state index contributed by atoms with van der Waals surface area (Å²) >= 11 is 18.7. The van der Waals surface area contributed by atoms with Crippen molar-refractivity contribution in [2.24, 2.45) is 5.92 Å². The van der Waals surface area contributed by atoms with E-state index < -0.39 is 51.9 Å². The van der Waals surface area contributed by atoms with Crippen molar-refractivity contribution in [1.29, 1.82) is 0 Å². The number of benzene rings is 3. The molecule has 0 fully saturated rings. The number of carbonyl (C=O) groups excluding carboxylic acids is 2. The van der Waals surface area contributed by atoms with Crippen molar-refractivity contribution >= 4 is 62.3 Å². The van der Waals surface area contributed by atoms with E-state index in [2.05, 4.69) is 5.32 Å². The summed E-state index contributed by atoms with van der Waals surface area (Å²) in [5, 5.41) is 2.98. The first-order valence-corrected chi connectivity index (χ1v) is 16.1. The zero-order valence-corrected chi connectivity index (χ0v) is 27.1. The van der Waals surface area contributed by atoms with E-state index in [0.717, 1.165) is 11.0 Å². The van der Waals surface area contributed by atoms with E-state index in [1.54, 1.807) is 25.1 Å². The predicted octanol–water partition coefficient (Wildman–Crippen LogP) is 7.44. The lowest BCUT2D eigenvalue weighted by molar-refractivity contribution is -0.140. The van der Waals surface area contributed by atoms with Crippen molar-refractivity contribution in [2.45, 2.75) is 50.9 Å². The second kappa shape index (κ2) is 14.9. The molecule has 1 unspecified atom stereocenters. The van der Waals surface area contributed by atoms with Gasteiger partial charge in [0.15, 0.2) is 0 Å². The molecule has 2 amide bonds. The first-order valence-electron chi connectivity index (χ1n) is 13.5. The molecule has 0 aliphatic rings. The third-order valence-corrected chi connectivity index (χ3v) is 9.26. The molecule has 0 heterocycles. The number of rotatable bonds is 12. The van der Waals surface area contributed by atoms with Gasteiger partial charge in [0.05, 0.1) is 21.2 Å². The van der Waals surface area contributed by atoms with Gasteiger partial charge in [0, 0.05) is 23.1 Å². The van der Waals surface area contributed by atoms with Crippen LogP contribution in [0, 0.1) is 5.92 Å². The maximum atomic E-state index is 14.1. The Bertz CT molecular complexity index is 1590. The van der Waals surface area contributed by atoms with Crippen LogP contribution < -0.4 is 9.62 Å². The minimum absolute atomic E-state index is 0.0980. The largest absolute Gasteiger partial charge is 0.416 e. The standard InChI is InChI=1S/C30H31Cl3F3N3O4S/c1-4-26(29(41)37-16-19(2)3)38(17-20-10-12-22(31)15-25(20)33)28(40)18-39(44(42,43)23-8-6-5-7-9-23)27-14-21(30(34,35)36)11-13-24(27)32/h5-15,19,26H,4,16-18H2,1-3H3,(H,37,41). The highest BCUT2D eigenvalue weighted by molar-refractivity contribution is 7.92. The van der Waals surface area contributed by atoms with Crippen LogP contribution in [0.5, 0.6) is 0 Å². The summed E-state index contributed by atoms with van der Waals surface area (Å²) in [6.45, 7) is 4.57. The highest BCUT2D eigenvalue weighted by Gasteiger charge is 2.37. The minimum atomic E-state index is -4.83. The molecule has 0 bridgehead atoms. The van der Waals surface area contributed by atoms with Crippen molar-refractivity contribution in [3.63, 3.8) is 0 Å². The zero-order chi connectivity index (χ0) is 32.8. The fourth-order valence-corrected chi connectivity index (χ4v) is 6.47. The summed E-state index contributed by atoms with van der Waals surface area (Å²) in [5.74, 6) is -1.27. The molecular formula is C30H31Cl3F3N3O4S. The maximum Gasteiger partial charge on any atom is 0.416 e. The fourth-order valence-electron chi connectivity index (χ4n) is 4.29. The van der Waals surface area contributed by atoms with Crippen LogP contribution in [0.2, 0.25) is 15.1 Å². The monoisotopic (exact) mass is 691 g/mol. The number of nitrogens with zero attached hydrogens (tertiary/aromatic N) is 2. The zero-order valence-electron chi connectivity index (χ0n) is 24.0. The number of carbonyl (C=O) groups is 2. The van der Waals surface area contributed by atoms with Gasteiger partial charge < -0.3 is 10.2 Å². The van der Waals surface area contributed by atoms with Crippen LogP contribution in [0.15, 0.2) is 71.6 Å².